The van der Waals surface area contributed by atoms with Gasteiger partial charge in [-0.15, -0.1) is 0 Å². The molecular weight excluding hydrogens is 534 g/mol. The van der Waals surface area contributed by atoms with Crippen LogP contribution in [0.4, 0.5) is 0 Å². The highest BCUT2D eigenvalue weighted by atomic mass is 15.1. The molecule has 3 N–H and O–H groups in total. The third-order valence-electron chi connectivity index (χ3n) is 7.57. The zero-order chi connectivity index (χ0) is 29.4. The second kappa shape index (κ2) is 17.5. The van der Waals surface area contributed by atoms with Crippen molar-refractivity contribution in [2.24, 2.45) is 0 Å². The van der Waals surface area contributed by atoms with Crippen molar-refractivity contribution in [2.75, 3.05) is 52.4 Å². The van der Waals surface area contributed by atoms with Gasteiger partial charge in [0.2, 0.25) is 0 Å². The van der Waals surface area contributed by atoms with Crippen LogP contribution in [0.15, 0.2) is 85.5 Å². The maximum Gasteiger partial charge on any atom is 0.0886 e. The van der Waals surface area contributed by atoms with Gasteiger partial charge in [-0.1, -0.05) is 24.3 Å². The Labute approximate surface area is 256 Å². The number of rotatable bonds is 9. The van der Waals surface area contributed by atoms with E-state index in [1.807, 2.05) is 49.1 Å². The summed E-state index contributed by atoms with van der Waals surface area (Å²) in [7, 11) is 0. The maximum absolute atomic E-state index is 4.79. The van der Waals surface area contributed by atoms with E-state index in [0.717, 1.165) is 120 Å². The first-order valence-corrected chi connectivity index (χ1v) is 15.6. The molecule has 1 aliphatic rings. The fraction of sp³-hybridized carbons (Fsp3) is 0.412. The van der Waals surface area contributed by atoms with Crippen molar-refractivity contribution in [2.45, 2.75) is 39.0 Å². The Bertz CT molecular complexity index is 1250. The average molecular weight is 580 g/mol. The van der Waals surface area contributed by atoms with Crippen molar-refractivity contribution in [1.82, 2.24) is 45.7 Å². The molecule has 1 fully saturated rings. The number of aromatic nitrogens is 4. The molecular formula is C34H45N9. The molecule has 0 aliphatic carbocycles. The highest BCUT2D eigenvalue weighted by molar-refractivity contribution is 5.54. The van der Waals surface area contributed by atoms with Crippen LogP contribution >= 0.6 is 0 Å². The second-order valence-corrected chi connectivity index (χ2v) is 11.1. The van der Waals surface area contributed by atoms with Gasteiger partial charge in [0.25, 0.3) is 0 Å². The minimum Gasteiger partial charge on any atom is -0.315 e. The molecule has 0 amide bonds. The molecule has 0 unspecified atom stereocenters. The molecule has 4 aromatic heterocycles. The monoisotopic (exact) mass is 579 g/mol. The van der Waals surface area contributed by atoms with Gasteiger partial charge < -0.3 is 16.0 Å². The van der Waals surface area contributed by atoms with Crippen molar-refractivity contribution < 1.29 is 0 Å². The van der Waals surface area contributed by atoms with E-state index in [1.165, 1.54) is 5.56 Å². The molecule has 0 spiro atoms. The standard InChI is InChI=1S/C34H45N9/c1-3-16-38-31(7-1)27-43(28-32-8-2-4-17-39-32)26-30-10-12-34(41-24-30)33-11-9-29(23-40-33)25-42-21-6-15-36-19-18-35-13-5-14-37-20-22-42/h1-4,7-12,16-17,23-24,35-37H,5-6,13-15,18-22,25-28H2. The lowest BCUT2D eigenvalue weighted by Gasteiger charge is -2.23. The Hall–Kier alpha value is -3.60. The molecule has 5 heterocycles. The summed E-state index contributed by atoms with van der Waals surface area (Å²) in [4.78, 5) is 23.5. The molecule has 9 nitrogen and oxygen atoms in total. The first-order chi connectivity index (χ1) is 21.3. The van der Waals surface area contributed by atoms with Crippen LogP contribution in [0.5, 0.6) is 0 Å². The van der Waals surface area contributed by atoms with Gasteiger partial charge in [0.05, 0.1) is 22.8 Å². The summed E-state index contributed by atoms with van der Waals surface area (Å²) < 4.78 is 0. The highest BCUT2D eigenvalue weighted by Gasteiger charge is 2.12. The average Bonchev–Trinajstić information content (AvgIpc) is 3.04. The van der Waals surface area contributed by atoms with Crippen LogP contribution in [0.25, 0.3) is 11.4 Å². The first-order valence-electron chi connectivity index (χ1n) is 15.6. The molecule has 1 saturated heterocycles. The lowest BCUT2D eigenvalue weighted by atomic mass is 10.1. The summed E-state index contributed by atoms with van der Waals surface area (Å²) in [5.41, 5.74) is 6.24. The first kappa shape index (κ1) is 30.8. The van der Waals surface area contributed by atoms with E-state index in [-0.39, 0.29) is 0 Å². The zero-order valence-corrected chi connectivity index (χ0v) is 25.2. The Balaban J connectivity index is 1.17. The lowest BCUT2D eigenvalue weighted by Crippen LogP contribution is -2.36. The van der Waals surface area contributed by atoms with Crippen molar-refractivity contribution >= 4 is 0 Å². The van der Waals surface area contributed by atoms with Gasteiger partial charge in [-0.3, -0.25) is 29.7 Å². The van der Waals surface area contributed by atoms with E-state index in [2.05, 4.69) is 72.1 Å². The molecule has 0 saturated carbocycles. The van der Waals surface area contributed by atoms with Crippen LogP contribution in [0.3, 0.4) is 0 Å². The van der Waals surface area contributed by atoms with Gasteiger partial charge in [-0.05, 0) is 86.5 Å². The number of hydrogen-bond acceptors (Lipinski definition) is 9. The normalized spacial score (nSPS) is 16.1. The Morgan fingerprint density at radius 1 is 0.558 bits per heavy atom. The molecule has 0 bridgehead atoms. The summed E-state index contributed by atoms with van der Waals surface area (Å²) in [6.07, 6.45) is 9.97. The molecule has 9 heteroatoms. The van der Waals surface area contributed by atoms with E-state index >= 15 is 0 Å². The Morgan fingerprint density at radius 3 is 1.74 bits per heavy atom. The smallest absolute Gasteiger partial charge is 0.0886 e. The number of nitrogens with one attached hydrogen (secondary N) is 3. The van der Waals surface area contributed by atoms with Crippen molar-refractivity contribution in [3.63, 3.8) is 0 Å². The minimum absolute atomic E-state index is 0.739. The summed E-state index contributed by atoms with van der Waals surface area (Å²) in [6, 6.07) is 20.6. The molecule has 43 heavy (non-hydrogen) atoms. The summed E-state index contributed by atoms with van der Waals surface area (Å²) >= 11 is 0. The van der Waals surface area contributed by atoms with E-state index in [9.17, 15) is 0 Å². The van der Waals surface area contributed by atoms with Crippen molar-refractivity contribution in [3.05, 3.63) is 108 Å². The minimum atomic E-state index is 0.739. The van der Waals surface area contributed by atoms with Crippen LogP contribution in [0.2, 0.25) is 0 Å². The summed E-state index contributed by atoms with van der Waals surface area (Å²) in [6.45, 7) is 11.5. The molecule has 0 radical (unpaired) electrons. The Kier molecular flexibility index (Phi) is 12.6. The molecule has 0 atom stereocenters. The fourth-order valence-electron chi connectivity index (χ4n) is 5.29. The topological polar surface area (TPSA) is 94.1 Å². The van der Waals surface area contributed by atoms with Crippen LogP contribution < -0.4 is 16.0 Å². The van der Waals surface area contributed by atoms with E-state index in [1.54, 1.807) is 0 Å². The van der Waals surface area contributed by atoms with Crippen LogP contribution in [-0.2, 0) is 26.2 Å². The Morgan fingerprint density at radius 2 is 1.16 bits per heavy atom. The third kappa shape index (κ3) is 10.9. The maximum atomic E-state index is 4.79. The van der Waals surface area contributed by atoms with Crippen molar-refractivity contribution in [3.8, 4) is 11.4 Å². The van der Waals surface area contributed by atoms with Gasteiger partial charge in [0.15, 0.2) is 0 Å². The third-order valence-corrected chi connectivity index (χ3v) is 7.57. The molecule has 226 valence electrons. The van der Waals surface area contributed by atoms with E-state index in [0.29, 0.717) is 0 Å². The molecule has 5 rings (SSSR count). The van der Waals surface area contributed by atoms with E-state index in [4.69, 9.17) is 9.97 Å². The zero-order valence-electron chi connectivity index (χ0n) is 25.2. The number of hydrogen-bond donors (Lipinski definition) is 3. The number of pyridine rings is 4. The summed E-state index contributed by atoms with van der Waals surface area (Å²) in [5, 5.41) is 10.6. The molecule has 4 aromatic rings. The van der Waals surface area contributed by atoms with Gasteiger partial charge in [0.1, 0.15) is 0 Å². The second-order valence-electron chi connectivity index (χ2n) is 11.1. The van der Waals surface area contributed by atoms with Crippen LogP contribution in [0, 0.1) is 0 Å². The van der Waals surface area contributed by atoms with Gasteiger partial charge >= 0.3 is 0 Å². The largest absolute Gasteiger partial charge is 0.315 e. The highest BCUT2D eigenvalue weighted by Crippen LogP contribution is 2.18. The fourth-order valence-corrected chi connectivity index (χ4v) is 5.29. The van der Waals surface area contributed by atoms with Gasteiger partial charge in [0, 0.05) is 77.1 Å². The van der Waals surface area contributed by atoms with Crippen LogP contribution in [0.1, 0.15) is 35.4 Å². The van der Waals surface area contributed by atoms with E-state index < -0.39 is 0 Å². The molecule has 0 aromatic carbocycles. The van der Waals surface area contributed by atoms with Crippen LogP contribution in [-0.4, -0.2) is 82.1 Å². The van der Waals surface area contributed by atoms with Gasteiger partial charge in [-0.2, -0.15) is 0 Å². The quantitative estimate of drug-likeness (QED) is 0.276. The van der Waals surface area contributed by atoms with Crippen molar-refractivity contribution in [1.29, 1.82) is 0 Å². The number of nitrogens with zero attached hydrogens (tertiary/aromatic N) is 6. The predicted octanol–water partition coefficient (Wildman–Crippen LogP) is 3.50. The summed E-state index contributed by atoms with van der Waals surface area (Å²) in [5.74, 6) is 0. The SMILES string of the molecule is c1ccc(CN(Cc2ccc(-c3ccc(CN4CCCNCCNCCCNCC4)cn3)nc2)Cc2ccccn2)nc1. The lowest BCUT2D eigenvalue weighted by molar-refractivity contribution is 0.241. The predicted molar refractivity (Wildman–Crippen MR) is 172 cm³/mol. The molecule has 1 aliphatic heterocycles. The van der Waals surface area contributed by atoms with Gasteiger partial charge in [-0.25, -0.2) is 0 Å².